The van der Waals surface area contributed by atoms with Gasteiger partial charge in [-0.2, -0.15) is 0 Å². The van der Waals surface area contributed by atoms with Crippen molar-refractivity contribution >= 4 is 39.8 Å². The van der Waals surface area contributed by atoms with E-state index in [9.17, 15) is 17.2 Å². The highest BCUT2D eigenvalue weighted by molar-refractivity contribution is 14.0. The molecule has 160 valence electrons. The van der Waals surface area contributed by atoms with Crippen LogP contribution in [-0.4, -0.2) is 51.7 Å². The summed E-state index contributed by atoms with van der Waals surface area (Å²) in [5, 5.41) is 6.09. The standard InChI is InChI=1S/C18H27F2N3O3S.HI/c1-4-21-17(23-13(2)15-6-5-14(19)11-16(15)20)22-12-18(27(3,24)25)7-9-26-10-8-18;/h5-6,11,13H,4,7-10,12H2,1-3H3,(H2,21,22,23);1H. The number of benzene rings is 1. The smallest absolute Gasteiger partial charge is 0.191 e. The molecule has 0 bridgehead atoms. The molecular formula is C18H28F2IN3O3S. The van der Waals surface area contributed by atoms with Gasteiger partial charge in [-0.15, -0.1) is 24.0 Å². The SMILES string of the molecule is CCNC(=NCC1(S(C)(=O)=O)CCOCC1)NC(C)c1ccc(F)cc1F.I. The molecule has 1 saturated heterocycles. The maximum absolute atomic E-state index is 14.0. The summed E-state index contributed by atoms with van der Waals surface area (Å²) in [6.45, 7) is 5.00. The minimum absolute atomic E-state index is 0. The fourth-order valence-corrected chi connectivity index (χ4v) is 4.28. The molecule has 1 aliphatic heterocycles. The molecule has 0 radical (unpaired) electrons. The number of guanidine groups is 1. The predicted octanol–water partition coefficient (Wildman–Crippen LogP) is 2.79. The molecule has 1 unspecified atom stereocenters. The normalized spacial score (nSPS) is 18.1. The number of ether oxygens (including phenoxy) is 1. The molecule has 1 heterocycles. The second-order valence-electron chi connectivity index (χ2n) is 6.79. The van der Waals surface area contributed by atoms with E-state index < -0.39 is 32.3 Å². The third kappa shape index (κ3) is 6.24. The number of hydrogen-bond donors (Lipinski definition) is 2. The fourth-order valence-electron chi connectivity index (χ4n) is 3.07. The van der Waals surface area contributed by atoms with Crippen LogP contribution in [0.15, 0.2) is 23.2 Å². The molecule has 1 aliphatic rings. The van der Waals surface area contributed by atoms with Gasteiger partial charge in [0.25, 0.3) is 0 Å². The Labute approximate surface area is 182 Å². The summed E-state index contributed by atoms with van der Waals surface area (Å²) in [7, 11) is -3.33. The second kappa shape index (κ2) is 10.7. The van der Waals surface area contributed by atoms with Crippen LogP contribution in [0, 0.1) is 11.6 Å². The van der Waals surface area contributed by atoms with Crippen molar-refractivity contribution in [2.24, 2.45) is 4.99 Å². The molecule has 0 aliphatic carbocycles. The van der Waals surface area contributed by atoms with Crippen molar-refractivity contribution in [1.29, 1.82) is 0 Å². The monoisotopic (exact) mass is 531 g/mol. The first-order valence-corrected chi connectivity index (χ1v) is 10.8. The van der Waals surface area contributed by atoms with E-state index in [1.165, 1.54) is 18.4 Å². The number of rotatable bonds is 6. The van der Waals surface area contributed by atoms with Gasteiger partial charge in [-0.05, 0) is 32.8 Å². The van der Waals surface area contributed by atoms with E-state index in [2.05, 4.69) is 15.6 Å². The average molecular weight is 531 g/mol. The van der Waals surface area contributed by atoms with Gasteiger partial charge in [0.05, 0.1) is 17.3 Å². The van der Waals surface area contributed by atoms with Crippen LogP contribution in [0.2, 0.25) is 0 Å². The summed E-state index contributed by atoms with van der Waals surface area (Å²) in [6, 6.07) is 2.93. The molecular weight excluding hydrogens is 503 g/mol. The molecule has 0 aromatic heterocycles. The van der Waals surface area contributed by atoms with Crippen LogP contribution in [0.25, 0.3) is 0 Å². The zero-order chi connectivity index (χ0) is 20.1. The number of nitrogens with one attached hydrogen (secondary N) is 2. The van der Waals surface area contributed by atoms with Crippen molar-refractivity contribution < 1.29 is 21.9 Å². The predicted molar refractivity (Wildman–Crippen MR) is 117 cm³/mol. The van der Waals surface area contributed by atoms with Crippen LogP contribution in [0.4, 0.5) is 8.78 Å². The first kappa shape index (κ1) is 25.0. The summed E-state index contributed by atoms with van der Waals surface area (Å²) in [6.07, 6.45) is 2.00. The summed E-state index contributed by atoms with van der Waals surface area (Å²) in [4.78, 5) is 4.45. The van der Waals surface area contributed by atoms with Crippen LogP contribution in [0.5, 0.6) is 0 Å². The third-order valence-electron chi connectivity index (χ3n) is 4.84. The van der Waals surface area contributed by atoms with Crippen LogP contribution in [0.1, 0.15) is 38.3 Å². The molecule has 6 nitrogen and oxygen atoms in total. The Morgan fingerprint density at radius 1 is 1.32 bits per heavy atom. The van der Waals surface area contributed by atoms with Crippen LogP contribution >= 0.6 is 24.0 Å². The second-order valence-corrected chi connectivity index (χ2v) is 9.20. The Hall–Kier alpha value is -1.01. The van der Waals surface area contributed by atoms with Gasteiger partial charge < -0.3 is 15.4 Å². The summed E-state index contributed by atoms with van der Waals surface area (Å²) in [5.74, 6) is -0.912. The zero-order valence-electron chi connectivity index (χ0n) is 16.3. The molecule has 0 amide bonds. The minimum atomic E-state index is -3.33. The average Bonchev–Trinajstić information content (AvgIpc) is 2.59. The maximum atomic E-state index is 14.0. The highest BCUT2D eigenvalue weighted by atomic mass is 127. The van der Waals surface area contributed by atoms with Crippen molar-refractivity contribution in [2.75, 3.05) is 32.6 Å². The van der Waals surface area contributed by atoms with Gasteiger partial charge in [0, 0.05) is 37.6 Å². The minimum Gasteiger partial charge on any atom is -0.381 e. The molecule has 10 heteroatoms. The van der Waals surface area contributed by atoms with E-state index in [4.69, 9.17) is 4.74 Å². The van der Waals surface area contributed by atoms with Gasteiger partial charge in [0.1, 0.15) is 11.6 Å². The van der Waals surface area contributed by atoms with Crippen molar-refractivity contribution in [3.63, 3.8) is 0 Å². The molecule has 1 atom stereocenters. The first-order chi connectivity index (χ1) is 12.7. The lowest BCUT2D eigenvalue weighted by Gasteiger charge is -2.34. The number of nitrogens with zero attached hydrogens (tertiary/aromatic N) is 1. The van der Waals surface area contributed by atoms with Crippen molar-refractivity contribution in [2.45, 2.75) is 37.5 Å². The molecule has 1 fully saturated rings. The lowest BCUT2D eigenvalue weighted by Crippen LogP contribution is -2.47. The fraction of sp³-hybridized carbons (Fsp3) is 0.611. The highest BCUT2D eigenvalue weighted by Crippen LogP contribution is 2.29. The topological polar surface area (TPSA) is 79.8 Å². The van der Waals surface area contributed by atoms with Gasteiger partial charge in [-0.1, -0.05) is 6.07 Å². The maximum Gasteiger partial charge on any atom is 0.191 e. The van der Waals surface area contributed by atoms with E-state index in [-0.39, 0.29) is 30.5 Å². The Bertz CT molecular complexity index is 784. The molecule has 0 spiro atoms. The summed E-state index contributed by atoms with van der Waals surface area (Å²) < 4.78 is 56.1. The number of halogens is 3. The molecule has 1 aromatic carbocycles. The number of aliphatic imine (C=N–C) groups is 1. The Morgan fingerprint density at radius 3 is 2.50 bits per heavy atom. The number of sulfone groups is 1. The molecule has 1 aromatic rings. The Kier molecular flexibility index (Phi) is 9.54. The molecule has 28 heavy (non-hydrogen) atoms. The van der Waals surface area contributed by atoms with Crippen LogP contribution in [0.3, 0.4) is 0 Å². The highest BCUT2D eigenvalue weighted by Gasteiger charge is 2.42. The van der Waals surface area contributed by atoms with Crippen molar-refractivity contribution in [3.8, 4) is 0 Å². The lowest BCUT2D eigenvalue weighted by molar-refractivity contribution is 0.0768. The zero-order valence-corrected chi connectivity index (χ0v) is 19.4. The van der Waals surface area contributed by atoms with Crippen molar-refractivity contribution in [3.05, 3.63) is 35.4 Å². The largest absolute Gasteiger partial charge is 0.381 e. The molecule has 2 rings (SSSR count). The first-order valence-electron chi connectivity index (χ1n) is 8.95. The van der Waals surface area contributed by atoms with Gasteiger partial charge in [0.15, 0.2) is 15.8 Å². The van der Waals surface area contributed by atoms with Gasteiger partial charge in [0.2, 0.25) is 0 Å². The van der Waals surface area contributed by atoms with Crippen molar-refractivity contribution in [1.82, 2.24) is 10.6 Å². The van der Waals surface area contributed by atoms with E-state index in [0.29, 0.717) is 44.1 Å². The Balaban J connectivity index is 0.00000392. The van der Waals surface area contributed by atoms with Crippen LogP contribution in [-0.2, 0) is 14.6 Å². The van der Waals surface area contributed by atoms with E-state index in [0.717, 1.165) is 6.07 Å². The lowest BCUT2D eigenvalue weighted by atomic mass is 9.99. The number of hydrogen-bond acceptors (Lipinski definition) is 4. The van der Waals surface area contributed by atoms with Gasteiger partial charge in [-0.25, -0.2) is 17.2 Å². The Morgan fingerprint density at radius 2 is 1.96 bits per heavy atom. The van der Waals surface area contributed by atoms with E-state index >= 15 is 0 Å². The van der Waals surface area contributed by atoms with E-state index in [1.54, 1.807) is 6.92 Å². The van der Waals surface area contributed by atoms with Crippen LogP contribution < -0.4 is 10.6 Å². The third-order valence-corrected chi connectivity index (χ3v) is 6.95. The summed E-state index contributed by atoms with van der Waals surface area (Å²) in [5.41, 5.74) is 0.297. The quantitative estimate of drug-likeness (QED) is 0.336. The van der Waals surface area contributed by atoms with E-state index in [1.807, 2.05) is 6.92 Å². The van der Waals surface area contributed by atoms with Gasteiger partial charge >= 0.3 is 0 Å². The molecule has 0 saturated carbocycles. The molecule has 2 N–H and O–H groups in total. The van der Waals surface area contributed by atoms with Gasteiger partial charge in [-0.3, -0.25) is 4.99 Å². The summed E-state index contributed by atoms with van der Waals surface area (Å²) >= 11 is 0.